The largest absolute Gasteiger partial charge is 0.461 e. The van der Waals surface area contributed by atoms with Gasteiger partial charge in [-0.1, -0.05) is 34.1 Å². The second-order valence-corrected chi connectivity index (χ2v) is 6.63. The molecular formula is C14H24O2. The van der Waals surface area contributed by atoms with E-state index in [1.165, 1.54) is 32.1 Å². The quantitative estimate of drug-likeness (QED) is 0.671. The molecule has 0 aromatic rings. The summed E-state index contributed by atoms with van der Waals surface area (Å²) in [4.78, 5) is 11.8. The topological polar surface area (TPSA) is 26.3 Å². The summed E-state index contributed by atoms with van der Waals surface area (Å²) < 4.78 is 5.81. The molecule has 92 valence electrons. The van der Waals surface area contributed by atoms with E-state index >= 15 is 0 Å². The zero-order valence-corrected chi connectivity index (χ0v) is 11.0. The van der Waals surface area contributed by atoms with Crippen molar-refractivity contribution in [1.29, 1.82) is 0 Å². The van der Waals surface area contributed by atoms with Crippen LogP contribution in [0.5, 0.6) is 0 Å². The summed E-state index contributed by atoms with van der Waals surface area (Å²) in [7, 11) is 0. The third-order valence-corrected chi connectivity index (χ3v) is 4.73. The number of carbonyl (C=O) groups is 1. The fraction of sp³-hybridized carbons (Fsp3) is 0.929. The molecule has 0 radical (unpaired) electrons. The van der Waals surface area contributed by atoms with Gasteiger partial charge in [-0.3, -0.25) is 4.79 Å². The van der Waals surface area contributed by atoms with E-state index in [9.17, 15) is 4.79 Å². The average molecular weight is 224 g/mol. The van der Waals surface area contributed by atoms with Crippen molar-refractivity contribution in [2.75, 3.05) is 0 Å². The highest BCUT2D eigenvalue weighted by molar-refractivity contribution is 5.71. The average Bonchev–Trinajstić information content (AvgIpc) is 2.35. The Kier molecular flexibility index (Phi) is 2.80. The highest BCUT2D eigenvalue weighted by atomic mass is 16.5. The monoisotopic (exact) mass is 224 g/mol. The molecule has 0 aliphatic heterocycles. The van der Waals surface area contributed by atoms with Gasteiger partial charge in [0.05, 0.1) is 5.92 Å². The van der Waals surface area contributed by atoms with E-state index in [-0.39, 0.29) is 28.8 Å². The van der Waals surface area contributed by atoms with Crippen LogP contribution in [0.2, 0.25) is 0 Å². The summed E-state index contributed by atoms with van der Waals surface area (Å²) >= 11 is 0. The van der Waals surface area contributed by atoms with Crippen molar-refractivity contribution in [3.63, 3.8) is 0 Å². The molecule has 2 heteroatoms. The molecule has 16 heavy (non-hydrogen) atoms. The van der Waals surface area contributed by atoms with Crippen LogP contribution in [0.15, 0.2) is 0 Å². The van der Waals surface area contributed by atoms with Gasteiger partial charge < -0.3 is 4.74 Å². The van der Waals surface area contributed by atoms with Crippen LogP contribution in [0.4, 0.5) is 0 Å². The molecule has 0 aromatic heterocycles. The Balaban J connectivity index is 2.16. The molecule has 2 bridgehead atoms. The maximum Gasteiger partial charge on any atom is 0.308 e. The van der Waals surface area contributed by atoms with Crippen molar-refractivity contribution < 1.29 is 9.53 Å². The van der Waals surface area contributed by atoms with Gasteiger partial charge in [-0.2, -0.15) is 0 Å². The van der Waals surface area contributed by atoms with Crippen LogP contribution in [-0.4, -0.2) is 12.1 Å². The van der Waals surface area contributed by atoms with Gasteiger partial charge in [-0.15, -0.1) is 0 Å². The first kappa shape index (κ1) is 11.9. The van der Waals surface area contributed by atoms with Crippen molar-refractivity contribution in [2.45, 2.75) is 65.9 Å². The third kappa shape index (κ3) is 1.76. The van der Waals surface area contributed by atoms with Gasteiger partial charge in [-0.05, 0) is 25.7 Å². The Morgan fingerprint density at radius 3 is 2.06 bits per heavy atom. The smallest absolute Gasteiger partial charge is 0.308 e. The van der Waals surface area contributed by atoms with E-state index in [4.69, 9.17) is 4.74 Å². The molecule has 2 atom stereocenters. The lowest BCUT2D eigenvalue weighted by molar-refractivity contribution is -0.169. The van der Waals surface area contributed by atoms with Crippen LogP contribution >= 0.6 is 0 Å². The Hall–Kier alpha value is -0.530. The van der Waals surface area contributed by atoms with E-state index in [0.29, 0.717) is 0 Å². The highest BCUT2D eigenvalue weighted by Crippen LogP contribution is 2.59. The molecule has 0 aromatic carbocycles. The number of esters is 1. The molecule has 0 heterocycles. The molecule has 0 N–H and O–H groups in total. The molecule has 2 aliphatic carbocycles. The SMILES string of the molecule is CC(C)C(=O)OC1C2(C)CCCC1(C)CC2. The second-order valence-electron chi connectivity index (χ2n) is 6.63. The minimum Gasteiger partial charge on any atom is -0.461 e. The second kappa shape index (κ2) is 3.75. The third-order valence-electron chi connectivity index (χ3n) is 4.73. The molecule has 2 unspecified atom stereocenters. The summed E-state index contributed by atoms with van der Waals surface area (Å²) in [5, 5.41) is 0. The van der Waals surface area contributed by atoms with Gasteiger partial charge in [0.1, 0.15) is 6.10 Å². The summed E-state index contributed by atoms with van der Waals surface area (Å²) in [5.74, 6) is -0.0280. The molecule has 0 spiro atoms. The van der Waals surface area contributed by atoms with E-state index in [0.717, 1.165) is 0 Å². The lowest BCUT2D eigenvalue weighted by Crippen LogP contribution is -2.44. The van der Waals surface area contributed by atoms with Crippen LogP contribution in [0.1, 0.15) is 59.8 Å². The predicted octanol–water partition coefficient (Wildman–Crippen LogP) is 3.54. The summed E-state index contributed by atoms with van der Waals surface area (Å²) in [5.41, 5.74) is 0.495. The molecule has 2 saturated carbocycles. The van der Waals surface area contributed by atoms with E-state index in [1.54, 1.807) is 0 Å². The summed E-state index contributed by atoms with van der Waals surface area (Å²) in [6.07, 6.45) is 6.34. The number of fused-ring (bicyclic) bond motifs is 2. The molecule has 0 saturated heterocycles. The minimum atomic E-state index is -0.0220. The van der Waals surface area contributed by atoms with Gasteiger partial charge in [0.15, 0.2) is 0 Å². The van der Waals surface area contributed by atoms with Crippen molar-refractivity contribution >= 4 is 5.97 Å². The standard InChI is InChI=1S/C14H24O2/c1-10(2)11(15)16-12-13(3)6-5-7-14(12,4)9-8-13/h10,12H,5-9H2,1-4H3. The van der Waals surface area contributed by atoms with E-state index in [2.05, 4.69) is 13.8 Å². The van der Waals surface area contributed by atoms with Crippen molar-refractivity contribution in [3.05, 3.63) is 0 Å². The van der Waals surface area contributed by atoms with Crippen LogP contribution < -0.4 is 0 Å². The summed E-state index contributed by atoms with van der Waals surface area (Å²) in [6.45, 7) is 8.43. The fourth-order valence-corrected chi connectivity index (χ4v) is 3.62. The van der Waals surface area contributed by atoms with E-state index in [1.807, 2.05) is 13.8 Å². The maximum atomic E-state index is 11.8. The predicted molar refractivity (Wildman–Crippen MR) is 64.0 cm³/mol. The molecular weight excluding hydrogens is 200 g/mol. The Bertz CT molecular complexity index is 279. The van der Waals surface area contributed by atoms with Crippen molar-refractivity contribution in [3.8, 4) is 0 Å². The molecule has 2 rings (SSSR count). The zero-order chi connectivity index (χ0) is 12.0. The number of rotatable bonds is 2. The van der Waals surface area contributed by atoms with Gasteiger partial charge in [-0.25, -0.2) is 0 Å². The number of ether oxygens (including phenoxy) is 1. The highest BCUT2D eigenvalue weighted by Gasteiger charge is 2.56. The van der Waals surface area contributed by atoms with Crippen molar-refractivity contribution in [1.82, 2.24) is 0 Å². The molecule has 2 aliphatic rings. The Morgan fingerprint density at radius 1 is 1.12 bits per heavy atom. The van der Waals surface area contributed by atoms with Gasteiger partial charge in [0.25, 0.3) is 0 Å². The maximum absolute atomic E-state index is 11.8. The van der Waals surface area contributed by atoms with Crippen LogP contribution in [0, 0.1) is 16.7 Å². The zero-order valence-electron chi connectivity index (χ0n) is 11.0. The van der Waals surface area contributed by atoms with Crippen LogP contribution in [0.3, 0.4) is 0 Å². The minimum absolute atomic E-state index is 0.00599. The van der Waals surface area contributed by atoms with Gasteiger partial charge in [0, 0.05) is 10.8 Å². The Labute approximate surface area is 98.7 Å². The van der Waals surface area contributed by atoms with Gasteiger partial charge >= 0.3 is 5.97 Å². The number of hydrogen-bond acceptors (Lipinski definition) is 2. The van der Waals surface area contributed by atoms with Crippen LogP contribution in [0.25, 0.3) is 0 Å². The summed E-state index contributed by atoms with van der Waals surface area (Å²) in [6, 6.07) is 0. The molecule has 2 fully saturated rings. The molecule has 2 nitrogen and oxygen atoms in total. The Morgan fingerprint density at radius 2 is 1.62 bits per heavy atom. The lowest BCUT2D eigenvalue weighted by Gasteiger charge is -2.43. The van der Waals surface area contributed by atoms with Crippen LogP contribution in [-0.2, 0) is 9.53 Å². The fourth-order valence-electron chi connectivity index (χ4n) is 3.62. The van der Waals surface area contributed by atoms with Crippen molar-refractivity contribution in [2.24, 2.45) is 16.7 Å². The first-order chi connectivity index (χ1) is 7.37. The first-order valence-corrected chi connectivity index (χ1v) is 6.58. The van der Waals surface area contributed by atoms with Gasteiger partial charge in [0.2, 0.25) is 0 Å². The first-order valence-electron chi connectivity index (χ1n) is 6.58. The lowest BCUT2D eigenvalue weighted by atomic mass is 9.68. The molecule has 0 amide bonds. The number of carbonyl (C=O) groups excluding carboxylic acids is 1. The number of hydrogen-bond donors (Lipinski definition) is 0. The normalized spacial score (nSPS) is 42.4. The van der Waals surface area contributed by atoms with E-state index < -0.39 is 0 Å².